The maximum Gasteiger partial charge on any atom is 0.214 e. The molecule has 1 heterocycles. The van der Waals surface area contributed by atoms with Gasteiger partial charge in [0.15, 0.2) is 11.5 Å². The minimum atomic E-state index is -3.26. The van der Waals surface area contributed by atoms with Crippen molar-refractivity contribution in [2.24, 2.45) is 0 Å². The number of hydrogen-bond acceptors (Lipinski definition) is 4. The van der Waals surface area contributed by atoms with E-state index >= 15 is 0 Å². The third kappa shape index (κ3) is 3.08. The Morgan fingerprint density at radius 1 is 1.14 bits per heavy atom. The van der Waals surface area contributed by atoms with Crippen molar-refractivity contribution in [3.63, 3.8) is 0 Å². The van der Waals surface area contributed by atoms with E-state index < -0.39 is 15.6 Å². The second-order valence-corrected chi connectivity index (χ2v) is 8.30. The number of sulfonamides is 1. The number of methoxy groups -OCH3 is 2. The average molecular weight is 327 g/mol. The van der Waals surface area contributed by atoms with Crippen LogP contribution in [0.25, 0.3) is 0 Å². The minimum Gasteiger partial charge on any atom is -0.493 e. The monoisotopic (exact) mass is 327 g/mol. The van der Waals surface area contributed by atoms with Crippen LogP contribution in [0.15, 0.2) is 12.1 Å². The topological polar surface area (TPSA) is 55.8 Å². The Hall–Kier alpha value is -1.27. The molecule has 1 aliphatic heterocycles. The molecule has 0 N–H and O–H groups in total. The van der Waals surface area contributed by atoms with Gasteiger partial charge in [-0.15, -0.1) is 0 Å². The van der Waals surface area contributed by atoms with Crippen molar-refractivity contribution in [2.75, 3.05) is 20.0 Å². The first-order chi connectivity index (χ1) is 10.2. The van der Waals surface area contributed by atoms with E-state index in [1.807, 2.05) is 32.9 Å². The highest BCUT2D eigenvalue weighted by Gasteiger charge is 2.40. The molecule has 22 heavy (non-hydrogen) atoms. The predicted octanol–water partition coefficient (Wildman–Crippen LogP) is 2.58. The molecule has 0 atom stereocenters. The van der Waals surface area contributed by atoms with Crippen LogP contribution < -0.4 is 9.47 Å². The summed E-state index contributed by atoms with van der Waals surface area (Å²) >= 11 is 0. The third-order valence-electron chi connectivity index (χ3n) is 4.12. The lowest BCUT2D eigenvalue weighted by molar-refractivity contribution is 0.202. The zero-order valence-electron chi connectivity index (χ0n) is 14.0. The molecule has 0 saturated carbocycles. The average Bonchev–Trinajstić information content (AvgIpc) is 2.44. The van der Waals surface area contributed by atoms with Gasteiger partial charge in [-0.2, -0.15) is 4.31 Å². The summed E-state index contributed by atoms with van der Waals surface area (Å²) in [6.07, 6.45) is 1.28. The molecular weight excluding hydrogens is 302 g/mol. The van der Waals surface area contributed by atoms with E-state index in [4.69, 9.17) is 9.47 Å². The Morgan fingerprint density at radius 3 is 2.18 bits per heavy atom. The molecule has 2 rings (SSSR count). The van der Waals surface area contributed by atoms with E-state index in [9.17, 15) is 8.42 Å². The van der Waals surface area contributed by atoms with Crippen LogP contribution >= 0.6 is 0 Å². The van der Waals surface area contributed by atoms with Crippen molar-refractivity contribution in [3.05, 3.63) is 23.3 Å². The van der Waals surface area contributed by atoms with E-state index in [0.717, 1.165) is 11.1 Å². The van der Waals surface area contributed by atoms with Gasteiger partial charge in [-0.25, -0.2) is 8.42 Å². The van der Waals surface area contributed by atoms with Gasteiger partial charge in [0.05, 0.1) is 20.0 Å². The lowest BCUT2D eigenvalue weighted by Crippen LogP contribution is -2.51. The number of nitrogens with zero attached hydrogens (tertiary/aromatic N) is 1. The van der Waals surface area contributed by atoms with Gasteiger partial charge in [-0.1, -0.05) is 6.92 Å². The molecule has 5 nitrogen and oxygen atoms in total. The second kappa shape index (κ2) is 6.08. The second-order valence-electron chi connectivity index (χ2n) is 6.29. The SMILES string of the molecule is CCCS(=O)(=O)N1Cc2cc(OC)c(OC)cc2CC1(C)C. The van der Waals surface area contributed by atoms with Crippen LogP contribution in [-0.4, -0.2) is 38.2 Å². The molecular formula is C16H25NO4S. The highest BCUT2D eigenvalue weighted by molar-refractivity contribution is 7.89. The van der Waals surface area contributed by atoms with Crippen molar-refractivity contribution in [2.45, 2.75) is 45.7 Å². The normalized spacial score (nSPS) is 17.9. The fourth-order valence-corrected chi connectivity index (χ4v) is 4.93. The molecule has 0 fully saturated rings. The van der Waals surface area contributed by atoms with E-state index in [1.165, 1.54) is 0 Å². The quantitative estimate of drug-likeness (QED) is 0.834. The van der Waals surface area contributed by atoms with Crippen molar-refractivity contribution in [1.29, 1.82) is 0 Å². The molecule has 0 unspecified atom stereocenters. The Labute approximate surface area is 133 Å². The van der Waals surface area contributed by atoms with Crippen molar-refractivity contribution in [1.82, 2.24) is 4.31 Å². The van der Waals surface area contributed by atoms with Gasteiger partial charge in [0.25, 0.3) is 0 Å². The van der Waals surface area contributed by atoms with Crippen molar-refractivity contribution < 1.29 is 17.9 Å². The molecule has 0 radical (unpaired) electrons. The zero-order chi connectivity index (χ0) is 16.5. The maximum atomic E-state index is 12.6. The zero-order valence-corrected chi connectivity index (χ0v) is 14.8. The number of rotatable bonds is 5. The Balaban J connectivity index is 2.47. The summed E-state index contributed by atoms with van der Waals surface area (Å²) in [6, 6.07) is 3.84. The Bertz CT molecular complexity index is 652. The van der Waals surface area contributed by atoms with Gasteiger partial charge in [-0.3, -0.25) is 0 Å². The maximum absolute atomic E-state index is 12.6. The first-order valence-electron chi connectivity index (χ1n) is 7.49. The van der Waals surface area contributed by atoms with E-state index in [1.54, 1.807) is 18.5 Å². The summed E-state index contributed by atoms with van der Waals surface area (Å²) in [5.74, 6) is 1.50. The van der Waals surface area contributed by atoms with Crippen molar-refractivity contribution >= 4 is 10.0 Å². The molecule has 1 aliphatic rings. The van der Waals surface area contributed by atoms with Crippen LogP contribution in [0.3, 0.4) is 0 Å². The Morgan fingerprint density at radius 2 is 1.68 bits per heavy atom. The van der Waals surface area contributed by atoms with Gasteiger partial charge >= 0.3 is 0 Å². The van der Waals surface area contributed by atoms with E-state index in [2.05, 4.69) is 0 Å². The van der Waals surface area contributed by atoms with Gasteiger partial charge < -0.3 is 9.47 Å². The molecule has 0 spiro atoms. The molecule has 0 aliphatic carbocycles. The number of benzene rings is 1. The van der Waals surface area contributed by atoms with Crippen LogP contribution in [0, 0.1) is 0 Å². The minimum absolute atomic E-state index is 0.180. The van der Waals surface area contributed by atoms with Crippen LogP contribution in [0.1, 0.15) is 38.3 Å². The third-order valence-corrected chi connectivity index (χ3v) is 6.33. The van der Waals surface area contributed by atoms with E-state index in [0.29, 0.717) is 30.9 Å². The Kier molecular flexibility index (Phi) is 4.73. The fourth-order valence-electron chi connectivity index (χ4n) is 3.04. The predicted molar refractivity (Wildman–Crippen MR) is 86.9 cm³/mol. The summed E-state index contributed by atoms with van der Waals surface area (Å²) in [6.45, 7) is 6.21. The molecule has 1 aromatic carbocycles. The summed E-state index contributed by atoms with van der Waals surface area (Å²) < 4.78 is 37.4. The van der Waals surface area contributed by atoms with Gasteiger partial charge in [0.2, 0.25) is 10.0 Å². The van der Waals surface area contributed by atoms with Crippen LogP contribution in [-0.2, 0) is 23.0 Å². The molecule has 6 heteroatoms. The summed E-state index contributed by atoms with van der Waals surface area (Å²) in [5.41, 5.74) is 1.66. The van der Waals surface area contributed by atoms with Crippen molar-refractivity contribution in [3.8, 4) is 11.5 Å². The van der Waals surface area contributed by atoms with Crippen LogP contribution in [0.2, 0.25) is 0 Å². The van der Waals surface area contributed by atoms with Gasteiger partial charge in [0, 0.05) is 12.1 Å². The smallest absolute Gasteiger partial charge is 0.214 e. The molecule has 0 saturated heterocycles. The lowest BCUT2D eigenvalue weighted by Gasteiger charge is -2.42. The molecule has 124 valence electrons. The number of hydrogen-bond donors (Lipinski definition) is 0. The lowest BCUT2D eigenvalue weighted by atomic mass is 9.87. The van der Waals surface area contributed by atoms with Crippen LogP contribution in [0.5, 0.6) is 11.5 Å². The largest absolute Gasteiger partial charge is 0.493 e. The molecule has 1 aromatic rings. The summed E-state index contributed by atoms with van der Waals surface area (Å²) in [7, 11) is -0.0645. The molecule has 0 amide bonds. The standard InChI is InChI=1S/C16H25NO4S/c1-6-7-22(18,19)17-11-13-9-15(21-5)14(20-4)8-12(13)10-16(17,2)3/h8-9H,6-7,10-11H2,1-5H3. The fraction of sp³-hybridized carbons (Fsp3) is 0.625. The molecule has 0 bridgehead atoms. The van der Waals surface area contributed by atoms with Gasteiger partial charge in [0.1, 0.15) is 0 Å². The van der Waals surface area contributed by atoms with Gasteiger partial charge in [-0.05, 0) is 49.9 Å². The number of fused-ring (bicyclic) bond motifs is 1. The highest BCUT2D eigenvalue weighted by atomic mass is 32.2. The summed E-state index contributed by atoms with van der Waals surface area (Å²) in [5, 5.41) is 0. The highest BCUT2D eigenvalue weighted by Crippen LogP contribution is 2.38. The van der Waals surface area contributed by atoms with E-state index in [-0.39, 0.29) is 5.75 Å². The first kappa shape index (κ1) is 17.1. The summed E-state index contributed by atoms with van der Waals surface area (Å²) in [4.78, 5) is 0. The first-order valence-corrected chi connectivity index (χ1v) is 9.10. The van der Waals surface area contributed by atoms with Crippen LogP contribution in [0.4, 0.5) is 0 Å². The number of ether oxygens (including phenoxy) is 2. The molecule has 0 aromatic heterocycles.